The molecular formula is C17H17N3OS. The van der Waals surface area contributed by atoms with E-state index in [1.54, 1.807) is 0 Å². The summed E-state index contributed by atoms with van der Waals surface area (Å²) in [6.07, 6.45) is 0. The fourth-order valence-electron chi connectivity index (χ4n) is 2.45. The lowest BCUT2D eigenvalue weighted by Crippen LogP contribution is -2.01. The first-order chi connectivity index (χ1) is 10.7. The summed E-state index contributed by atoms with van der Waals surface area (Å²) in [5.74, 6) is 0. The zero-order chi connectivity index (χ0) is 15.5. The average Bonchev–Trinajstić information content (AvgIpc) is 2.97. The summed E-state index contributed by atoms with van der Waals surface area (Å²) >= 11 is 1.14. The minimum Gasteiger partial charge on any atom is -0.392 e. The number of hydrogen-bond acceptors (Lipinski definition) is 4. The highest BCUT2D eigenvalue weighted by Crippen LogP contribution is 2.27. The average molecular weight is 311 g/mol. The van der Waals surface area contributed by atoms with Gasteiger partial charge in [-0.25, -0.2) is 4.68 Å². The number of rotatable bonds is 4. The van der Waals surface area contributed by atoms with Gasteiger partial charge in [-0.15, -0.1) is 0 Å². The largest absolute Gasteiger partial charge is 0.392 e. The Bertz CT molecular complexity index is 784. The zero-order valence-electron chi connectivity index (χ0n) is 12.2. The van der Waals surface area contributed by atoms with Gasteiger partial charge in [-0.1, -0.05) is 30.3 Å². The molecule has 112 valence electrons. The highest BCUT2D eigenvalue weighted by molar-refractivity contribution is 7.97. The second-order valence-electron chi connectivity index (χ2n) is 5.02. The molecule has 3 rings (SSSR count). The number of aliphatic hydroxyl groups excluding tert-OH is 1. The van der Waals surface area contributed by atoms with Gasteiger partial charge in [0.1, 0.15) is 0 Å². The Kier molecular flexibility index (Phi) is 4.29. The van der Waals surface area contributed by atoms with Gasteiger partial charge >= 0.3 is 0 Å². The molecule has 0 unspecified atom stereocenters. The lowest BCUT2D eigenvalue weighted by Gasteiger charge is -2.11. The number of aromatic nitrogens is 2. The van der Waals surface area contributed by atoms with E-state index < -0.39 is 0 Å². The van der Waals surface area contributed by atoms with Gasteiger partial charge in [-0.3, -0.25) is 5.14 Å². The first-order valence-corrected chi connectivity index (χ1v) is 7.84. The summed E-state index contributed by atoms with van der Waals surface area (Å²) in [4.78, 5) is 0.872. The van der Waals surface area contributed by atoms with Gasteiger partial charge in [-0.2, -0.15) is 5.10 Å². The normalized spacial score (nSPS) is 10.9. The van der Waals surface area contributed by atoms with E-state index in [4.69, 9.17) is 5.14 Å². The molecule has 3 aromatic rings. The molecule has 22 heavy (non-hydrogen) atoms. The number of nitrogens with zero attached hydrogens (tertiary/aromatic N) is 2. The first kappa shape index (κ1) is 14.8. The van der Waals surface area contributed by atoms with E-state index in [9.17, 15) is 5.11 Å². The second kappa shape index (κ2) is 6.36. The van der Waals surface area contributed by atoms with Crippen LogP contribution in [-0.2, 0) is 6.61 Å². The summed E-state index contributed by atoms with van der Waals surface area (Å²) in [6.45, 7) is 1.92. The molecule has 0 atom stereocenters. The van der Waals surface area contributed by atoms with Crippen molar-refractivity contribution < 1.29 is 5.11 Å². The lowest BCUT2D eigenvalue weighted by atomic mass is 10.1. The SMILES string of the molecule is Cc1cc(-c2ccccc2)n(-c2ccc(SN)c(CO)c2)n1. The van der Waals surface area contributed by atoms with Crippen LogP contribution in [0.15, 0.2) is 59.5 Å². The quantitative estimate of drug-likeness (QED) is 0.726. The van der Waals surface area contributed by atoms with Gasteiger partial charge in [0.05, 0.1) is 23.7 Å². The molecule has 0 saturated heterocycles. The molecule has 4 nitrogen and oxygen atoms in total. The van der Waals surface area contributed by atoms with Crippen LogP contribution in [0, 0.1) is 6.92 Å². The molecule has 0 amide bonds. The maximum absolute atomic E-state index is 9.51. The fraction of sp³-hybridized carbons (Fsp3) is 0.118. The predicted molar refractivity (Wildman–Crippen MR) is 89.7 cm³/mol. The Morgan fingerprint density at radius 3 is 2.59 bits per heavy atom. The topological polar surface area (TPSA) is 64.1 Å². The van der Waals surface area contributed by atoms with Gasteiger partial charge in [0.2, 0.25) is 0 Å². The molecule has 0 aliphatic heterocycles. The summed E-state index contributed by atoms with van der Waals surface area (Å²) in [5.41, 5.74) is 4.79. The molecule has 1 aromatic heterocycles. The molecular weight excluding hydrogens is 294 g/mol. The maximum Gasteiger partial charge on any atom is 0.0743 e. The molecule has 0 radical (unpaired) electrons. The van der Waals surface area contributed by atoms with Gasteiger partial charge in [-0.05, 0) is 48.7 Å². The van der Waals surface area contributed by atoms with Crippen LogP contribution in [0.25, 0.3) is 16.9 Å². The predicted octanol–water partition coefficient (Wildman–Crippen LogP) is 3.31. The van der Waals surface area contributed by atoms with Gasteiger partial charge in [0, 0.05) is 10.5 Å². The Hall–Kier alpha value is -2.08. The number of benzene rings is 2. The minimum atomic E-state index is -0.0473. The molecule has 0 aliphatic rings. The van der Waals surface area contributed by atoms with Crippen molar-refractivity contribution in [2.45, 2.75) is 18.4 Å². The van der Waals surface area contributed by atoms with Crippen LogP contribution < -0.4 is 5.14 Å². The second-order valence-corrected chi connectivity index (χ2v) is 5.69. The number of aliphatic hydroxyl groups is 1. The first-order valence-electron chi connectivity index (χ1n) is 6.96. The van der Waals surface area contributed by atoms with Crippen molar-refractivity contribution in [3.8, 4) is 16.9 Å². The van der Waals surface area contributed by atoms with E-state index in [2.05, 4.69) is 23.3 Å². The summed E-state index contributed by atoms with van der Waals surface area (Å²) < 4.78 is 1.90. The Morgan fingerprint density at radius 2 is 1.91 bits per heavy atom. The van der Waals surface area contributed by atoms with Gasteiger partial charge in [0.25, 0.3) is 0 Å². The summed E-state index contributed by atoms with van der Waals surface area (Å²) in [5, 5.41) is 19.7. The molecule has 0 fully saturated rings. The molecule has 0 saturated carbocycles. The third kappa shape index (κ3) is 2.78. The number of aryl methyl sites for hydroxylation is 1. The molecule has 3 N–H and O–H groups in total. The fourth-order valence-corrected chi connectivity index (χ4v) is 2.87. The van der Waals surface area contributed by atoms with Crippen molar-refractivity contribution in [3.05, 3.63) is 65.9 Å². The molecule has 0 bridgehead atoms. The van der Waals surface area contributed by atoms with Crippen LogP contribution in [0.4, 0.5) is 0 Å². The van der Waals surface area contributed by atoms with Crippen LogP contribution in [0.2, 0.25) is 0 Å². The highest BCUT2D eigenvalue weighted by atomic mass is 32.2. The van der Waals surface area contributed by atoms with E-state index in [1.165, 1.54) is 0 Å². The highest BCUT2D eigenvalue weighted by Gasteiger charge is 2.11. The van der Waals surface area contributed by atoms with Crippen LogP contribution in [0.1, 0.15) is 11.3 Å². The Balaban J connectivity index is 2.13. The van der Waals surface area contributed by atoms with E-state index in [0.717, 1.165) is 45.0 Å². The van der Waals surface area contributed by atoms with Crippen LogP contribution in [0.5, 0.6) is 0 Å². The molecule has 2 aromatic carbocycles. The van der Waals surface area contributed by atoms with Gasteiger partial charge < -0.3 is 5.11 Å². The van der Waals surface area contributed by atoms with E-state index in [1.807, 2.05) is 48.0 Å². The van der Waals surface area contributed by atoms with Crippen molar-refractivity contribution in [2.75, 3.05) is 0 Å². The van der Waals surface area contributed by atoms with Crippen molar-refractivity contribution in [3.63, 3.8) is 0 Å². The van der Waals surface area contributed by atoms with Crippen LogP contribution in [-0.4, -0.2) is 14.9 Å². The molecule has 5 heteroatoms. The summed E-state index contributed by atoms with van der Waals surface area (Å²) in [7, 11) is 0. The molecule has 0 spiro atoms. The number of nitrogens with two attached hydrogens (primary N) is 1. The van der Waals surface area contributed by atoms with Crippen molar-refractivity contribution in [1.82, 2.24) is 9.78 Å². The third-order valence-electron chi connectivity index (χ3n) is 3.49. The lowest BCUT2D eigenvalue weighted by molar-refractivity contribution is 0.279. The Morgan fingerprint density at radius 1 is 1.14 bits per heavy atom. The maximum atomic E-state index is 9.51. The van der Waals surface area contributed by atoms with E-state index in [0.29, 0.717) is 0 Å². The van der Waals surface area contributed by atoms with Gasteiger partial charge in [0.15, 0.2) is 0 Å². The van der Waals surface area contributed by atoms with Crippen LogP contribution >= 0.6 is 11.9 Å². The standard InChI is InChI=1S/C17H17N3OS/c1-12-9-16(13-5-3-2-4-6-13)20(19-12)15-7-8-17(22-18)14(10-15)11-21/h2-10,21H,11,18H2,1H3. The smallest absolute Gasteiger partial charge is 0.0743 e. The van der Waals surface area contributed by atoms with Crippen molar-refractivity contribution in [1.29, 1.82) is 0 Å². The zero-order valence-corrected chi connectivity index (χ0v) is 13.0. The number of hydrogen-bond donors (Lipinski definition) is 2. The molecule has 0 aliphatic carbocycles. The van der Waals surface area contributed by atoms with E-state index >= 15 is 0 Å². The Labute approximate surface area is 133 Å². The summed E-state index contributed by atoms with van der Waals surface area (Å²) in [6, 6.07) is 18.0. The van der Waals surface area contributed by atoms with Crippen molar-refractivity contribution >= 4 is 11.9 Å². The monoisotopic (exact) mass is 311 g/mol. The third-order valence-corrected chi connectivity index (χ3v) is 4.14. The van der Waals surface area contributed by atoms with Crippen LogP contribution in [0.3, 0.4) is 0 Å². The van der Waals surface area contributed by atoms with Crippen molar-refractivity contribution in [2.24, 2.45) is 5.14 Å². The van der Waals surface area contributed by atoms with E-state index in [-0.39, 0.29) is 6.61 Å². The minimum absolute atomic E-state index is 0.0473. The molecule has 1 heterocycles.